The molecule has 22 heavy (non-hydrogen) atoms. The molecule has 0 aliphatic rings. The molecular formula is C18H15N2O2-. The summed E-state index contributed by atoms with van der Waals surface area (Å²) in [5.41, 5.74) is 2.92. The number of pyridine rings is 1. The van der Waals surface area contributed by atoms with Gasteiger partial charge in [-0.25, -0.2) is 0 Å². The lowest BCUT2D eigenvalue weighted by Crippen LogP contribution is -2.22. The zero-order valence-corrected chi connectivity index (χ0v) is 12.4. The molecule has 4 nitrogen and oxygen atoms in total. The number of carboxylic acids is 1. The molecule has 3 rings (SSSR count). The molecule has 0 saturated carbocycles. The summed E-state index contributed by atoms with van der Waals surface area (Å²) in [6, 6.07) is 12.9. The third kappa shape index (κ3) is 2.29. The van der Waals surface area contributed by atoms with Crippen LogP contribution in [0.5, 0.6) is 0 Å². The predicted molar refractivity (Wildman–Crippen MR) is 85.8 cm³/mol. The highest BCUT2D eigenvalue weighted by Gasteiger charge is 2.13. The Hall–Kier alpha value is -2.88. The number of fused-ring (bicyclic) bond motifs is 1. The van der Waals surface area contributed by atoms with E-state index < -0.39 is 5.97 Å². The Morgan fingerprint density at radius 2 is 1.77 bits per heavy atom. The normalized spacial score (nSPS) is 10.6. The van der Waals surface area contributed by atoms with Crippen molar-refractivity contribution >= 4 is 22.4 Å². The number of carbonyl (C=O) groups excluding carboxylic acids is 1. The molecule has 0 atom stereocenters. The van der Waals surface area contributed by atoms with Crippen molar-refractivity contribution in [2.75, 3.05) is 19.0 Å². The van der Waals surface area contributed by atoms with Crippen LogP contribution in [0.2, 0.25) is 0 Å². The topological polar surface area (TPSA) is 56.3 Å². The maximum atomic E-state index is 11.5. The zero-order valence-electron chi connectivity index (χ0n) is 12.4. The summed E-state index contributed by atoms with van der Waals surface area (Å²) in [5.74, 6) is -1.17. The molecule has 1 aromatic heterocycles. The van der Waals surface area contributed by atoms with E-state index in [0.29, 0.717) is 5.39 Å². The van der Waals surface area contributed by atoms with Crippen molar-refractivity contribution in [2.45, 2.75) is 0 Å². The van der Waals surface area contributed by atoms with E-state index in [0.717, 1.165) is 22.2 Å². The number of aromatic nitrogens is 1. The Morgan fingerprint density at radius 1 is 1.05 bits per heavy atom. The van der Waals surface area contributed by atoms with Gasteiger partial charge >= 0.3 is 0 Å². The lowest BCUT2D eigenvalue weighted by molar-refractivity contribution is -0.254. The Balaban J connectivity index is 2.40. The van der Waals surface area contributed by atoms with E-state index in [-0.39, 0.29) is 5.56 Å². The molecule has 0 aliphatic heterocycles. The van der Waals surface area contributed by atoms with Gasteiger partial charge in [-0.3, -0.25) is 4.98 Å². The second kappa shape index (κ2) is 5.48. The molecule has 0 amide bonds. The summed E-state index contributed by atoms with van der Waals surface area (Å²) in [5, 5.41) is 13.0. The van der Waals surface area contributed by atoms with E-state index in [9.17, 15) is 9.90 Å². The molecule has 0 saturated heterocycles. The Morgan fingerprint density at radius 3 is 2.45 bits per heavy atom. The monoisotopic (exact) mass is 291 g/mol. The van der Waals surface area contributed by atoms with Crippen LogP contribution in [0.1, 0.15) is 10.4 Å². The first-order chi connectivity index (χ1) is 10.6. The van der Waals surface area contributed by atoms with Crippen LogP contribution in [0.3, 0.4) is 0 Å². The van der Waals surface area contributed by atoms with Crippen LogP contribution in [0.4, 0.5) is 5.69 Å². The molecule has 0 N–H and O–H groups in total. The van der Waals surface area contributed by atoms with Crippen molar-refractivity contribution < 1.29 is 9.90 Å². The standard InChI is InChI=1S/C18H16N2O2/c1-20(2)16-9-10-19-11-15(16)13-7-3-5-12-6-4-8-14(17(12)13)18(21)22/h3-11H,1-2H3,(H,21,22)/p-1. The first-order valence-electron chi connectivity index (χ1n) is 6.94. The van der Waals surface area contributed by atoms with Crippen molar-refractivity contribution in [1.82, 2.24) is 4.98 Å². The van der Waals surface area contributed by atoms with Gasteiger partial charge in [-0.05, 0) is 22.4 Å². The SMILES string of the molecule is CN(C)c1ccncc1-c1cccc2cccc(C(=O)[O-])c12. The van der Waals surface area contributed by atoms with Crippen LogP contribution in [0.25, 0.3) is 21.9 Å². The summed E-state index contributed by atoms with van der Waals surface area (Å²) in [7, 11) is 3.90. The molecule has 3 aromatic rings. The highest BCUT2D eigenvalue weighted by atomic mass is 16.4. The average molecular weight is 291 g/mol. The van der Waals surface area contributed by atoms with Crippen LogP contribution in [-0.4, -0.2) is 25.0 Å². The minimum absolute atomic E-state index is 0.196. The average Bonchev–Trinajstić information content (AvgIpc) is 2.53. The number of carboxylic acid groups (broad SMARTS) is 1. The van der Waals surface area contributed by atoms with Gasteiger partial charge in [0, 0.05) is 43.3 Å². The molecule has 0 fully saturated rings. The van der Waals surface area contributed by atoms with E-state index >= 15 is 0 Å². The molecule has 4 heteroatoms. The third-order valence-corrected chi connectivity index (χ3v) is 3.69. The van der Waals surface area contributed by atoms with E-state index in [1.165, 1.54) is 0 Å². The first kappa shape index (κ1) is 14.1. The maximum Gasteiger partial charge on any atom is 0.0721 e. The fourth-order valence-electron chi connectivity index (χ4n) is 2.72. The maximum absolute atomic E-state index is 11.5. The van der Waals surface area contributed by atoms with Gasteiger partial charge in [0.25, 0.3) is 0 Å². The molecule has 0 radical (unpaired) electrons. The molecule has 0 spiro atoms. The number of carbonyl (C=O) groups is 1. The lowest BCUT2D eigenvalue weighted by Gasteiger charge is -2.19. The van der Waals surface area contributed by atoms with Gasteiger partial charge < -0.3 is 14.8 Å². The summed E-state index contributed by atoms with van der Waals surface area (Å²) >= 11 is 0. The van der Waals surface area contributed by atoms with Crippen molar-refractivity contribution in [3.8, 4) is 11.1 Å². The smallest absolute Gasteiger partial charge is 0.0721 e. The van der Waals surface area contributed by atoms with Gasteiger partial charge in [0.15, 0.2) is 0 Å². The summed E-state index contributed by atoms with van der Waals surface area (Å²) in [6.07, 6.45) is 3.49. The minimum Gasteiger partial charge on any atom is -0.545 e. The minimum atomic E-state index is -1.17. The van der Waals surface area contributed by atoms with E-state index in [1.54, 1.807) is 24.5 Å². The van der Waals surface area contributed by atoms with Crippen molar-refractivity contribution in [3.05, 3.63) is 60.4 Å². The van der Waals surface area contributed by atoms with E-state index in [2.05, 4.69) is 4.98 Å². The highest BCUT2D eigenvalue weighted by molar-refractivity contribution is 6.10. The number of benzene rings is 2. The quantitative estimate of drug-likeness (QED) is 0.743. The lowest BCUT2D eigenvalue weighted by atomic mass is 9.94. The predicted octanol–water partition coefficient (Wildman–Crippen LogP) is 2.33. The Labute approximate surface area is 128 Å². The number of aromatic carboxylic acids is 1. The second-order valence-electron chi connectivity index (χ2n) is 5.28. The van der Waals surface area contributed by atoms with Crippen LogP contribution < -0.4 is 10.0 Å². The van der Waals surface area contributed by atoms with Crippen LogP contribution >= 0.6 is 0 Å². The summed E-state index contributed by atoms with van der Waals surface area (Å²) < 4.78 is 0. The van der Waals surface area contributed by atoms with E-state index in [1.807, 2.05) is 49.3 Å². The van der Waals surface area contributed by atoms with Crippen LogP contribution in [-0.2, 0) is 0 Å². The summed E-state index contributed by atoms with van der Waals surface area (Å²) in [6.45, 7) is 0. The van der Waals surface area contributed by atoms with Gasteiger partial charge in [-0.1, -0.05) is 36.4 Å². The summed E-state index contributed by atoms with van der Waals surface area (Å²) in [4.78, 5) is 17.7. The number of nitrogens with zero attached hydrogens (tertiary/aromatic N) is 2. The van der Waals surface area contributed by atoms with Crippen molar-refractivity contribution in [1.29, 1.82) is 0 Å². The number of anilines is 1. The number of hydrogen-bond acceptors (Lipinski definition) is 4. The molecule has 0 bridgehead atoms. The molecule has 2 aromatic carbocycles. The Kier molecular flexibility index (Phi) is 3.51. The van der Waals surface area contributed by atoms with Gasteiger partial charge in [-0.15, -0.1) is 0 Å². The number of hydrogen-bond donors (Lipinski definition) is 0. The molecule has 110 valence electrons. The molecule has 1 heterocycles. The van der Waals surface area contributed by atoms with Crippen molar-refractivity contribution in [3.63, 3.8) is 0 Å². The second-order valence-corrected chi connectivity index (χ2v) is 5.28. The molecule has 0 aliphatic carbocycles. The Bertz CT molecular complexity index is 851. The number of rotatable bonds is 3. The fourth-order valence-corrected chi connectivity index (χ4v) is 2.72. The fraction of sp³-hybridized carbons (Fsp3) is 0.111. The largest absolute Gasteiger partial charge is 0.545 e. The molecular weight excluding hydrogens is 276 g/mol. The zero-order chi connectivity index (χ0) is 15.7. The van der Waals surface area contributed by atoms with Gasteiger partial charge in [0.2, 0.25) is 0 Å². The van der Waals surface area contributed by atoms with Gasteiger partial charge in [0.1, 0.15) is 0 Å². The first-order valence-corrected chi connectivity index (χ1v) is 6.94. The van der Waals surface area contributed by atoms with Crippen molar-refractivity contribution in [2.24, 2.45) is 0 Å². The third-order valence-electron chi connectivity index (χ3n) is 3.69. The van der Waals surface area contributed by atoms with Crippen LogP contribution in [0, 0.1) is 0 Å². The highest BCUT2D eigenvalue weighted by Crippen LogP contribution is 2.35. The van der Waals surface area contributed by atoms with Crippen LogP contribution in [0.15, 0.2) is 54.9 Å². The van der Waals surface area contributed by atoms with Gasteiger partial charge in [0.05, 0.1) is 5.97 Å². The molecule has 0 unspecified atom stereocenters. The van der Waals surface area contributed by atoms with E-state index in [4.69, 9.17) is 0 Å². The van der Waals surface area contributed by atoms with Gasteiger partial charge in [-0.2, -0.15) is 0 Å².